The maximum Gasteiger partial charge on any atom is 0.492 e. The SMILES string of the molecule is CCO[Si](CCCN)(OCC)O[Si](O[Si](CCCN)(OCC)OCC)(c1ccccc1)c1ccccc1. The summed E-state index contributed by atoms with van der Waals surface area (Å²) in [6, 6.07) is 21.4. The van der Waals surface area contributed by atoms with E-state index >= 15 is 0 Å². The average Bonchev–Trinajstić information content (AvgIpc) is 2.92. The van der Waals surface area contributed by atoms with E-state index in [0.29, 0.717) is 64.4 Å². The third-order valence-electron chi connectivity index (χ3n) is 5.74. The summed E-state index contributed by atoms with van der Waals surface area (Å²) in [5, 5.41) is 1.88. The van der Waals surface area contributed by atoms with Gasteiger partial charge in [0.25, 0.3) is 0 Å². The molecule has 11 heteroatoms. The summed E-state index contributed by atoms with van der Waals surface area (Å²) in [4.78, 5) is 0. The number of hydrogen-bond donors (Lipinski definition) is 2. The molecular weight excluding hydrogens is 521 g/mol. The molecule has 4 N–H and O–H groups in total. The first-order valence-electron chi connectivity index (χ1n) is 13.5. The summed E-state index contributed by atoms with van der Waals surface area (Å²) in [5.74, 6) is 0. The highest BCUT2D eigenvalue weighted by atomic mass is 28.5. The van der Waals surface area contributed by atoms with E-state index in [2.05, 4.69) is 24.3 Å². The number of hydrogen-bond acceptors (Lipinski definition) is 8. The predicted molar refractivity (Wildman–Crippen MR) is 155 cm³/mol. The third kappa shape index (κ3) is 8.90. The monoisotopic (exact) mass is 566 g/mol. The molecule has 2 aromatic carbocycles. The van der Waals surface area contributed by atoms with Gasteiger partial charge >= 0.3 is 26.2 Å². The topological polar surface area (TPSA) is 107 Å². The summed E-state index contributed by atoms with van der Waals surface area (Å²) in [6.07, 6.45) is 1.43. The Morgan fingerprint density at radius 2 is 0.865 bits per heavy atom. The minimum atomic E-state index is -3.53. The molecule has 0 saturated carbocycles. The lowest BCUT2D eigenvalue weighted by Crippen LogP contribution is -2.73. The fraction of sp³-hybridized carbons (Fsp3) is 0.538. The second kappa shape index (κ2) is 16.7. The highest BCUT2D eigenvalue weighted by molar-refractivity contribution is 7.00. The van der Waals surface area contributed by atoms with Crippen molar-refractivity contribution in [3.8, 4) is 0 Å². The van der Waals surface area contributed by atoms with E-state index < -0.39 is 26.2 Å². The molecule has 0 aliphatic heterocycles. The van der Waals surface area contributed by atoms with Crippen LogP contribution < -0.4 is 21.8 Å². The standard InChI is InChI=1S/C26H46N2O6Si3/c1-5-29-35(30-6-2,23-15-21-27)33-37(25-17-11-9-12-18-25,26-19-13-10-14-20-26)34-36(31-7-3,32-8-4)24-16-22-28/h9-14,17-20H,5-8,15-16,21-24,27-28H2,1-4H3. The van der Waals surface area contributed by atoms with Crippen molar-refractivity contribution in [1.82, 2.24) is 0 Å². The zero-order chi connectivity index (χ0) is 27.0. The zero-order valence-corrected chi connectivity index (χ0v) is 25.9. The van der Waals surface area contributed by atoms with Gasteiger partial charge in [0.05, 0.1) is 0 Å². The molecule has 0 spiro atoms. The van der Waals surface area contributed by atoms with Crippen molar-refractivity contribution in [2.45, 2.75) is 52.6 Å². The molecule has 208 valence electrons. The van der Waals surface area contributed by atoms with E-state index in [1.54, 1.807) is 0 Å². The minimum Gasteiger partial charge on any atom is -0.387 e. The molecule has 8 nitrogen and oxygen atoms in total. The Bertz CT molecular complexity index is 782. The summed E-state index contributed by atoms with van der Waals surface area (Å²) in [7, 11) is -10.0. The molecule has 0 radical (unpaired) electrons. The quantitative estimate of drug-likeness (QED) is 0.236. The molecule has 37 heavy (non-hydrogen) atoms. The van der Waals surface area contributed by atoms with E-state index in [4.69, 9.17) is 37.4 Å². The van der Waals surface area contributed by atoms with E-state index in [0.717, 1.165) is 10.4 Å². The van der Waals surface area contributed by atoms with Crippen LogP contribution in [-0.2, 0) is 25.9 Å². The Labute approximate surface area is 226 Å². The normalized spacial score (nSPS) is 12.7. The van der Waals surface area contributed by atoms with Crippen molar-refractivity contribution in [2.24, 2.45) is 11.5 Å². The largest absolute Gasteiger partial charge is 0.492 e. The molecule has 0 aliphatic carbocycles. The highest BCUT2D eigenvalue weighted by Gasteiger charge is 2.59. The maximum absolute atomic E-state index is 7.31. The molecule has 0 atom stereocenters. The summed E-state index contributed by atoms with van der Waals surface area (Å²) < 4.78 is 40.2. The van der Waals surface area contributed by atoms with E-state index in [1.807, 2.05) is 64.1 Å². The van der Waals surface area contributed by atoms with Gasteiger partial charge in [-0.1, -0.05) is 60.7 Å². The van der Waals surface area contributed by atoms with Crippen LogP contribution in [0.1, 0.15) is 40.5 Å². The summed E-state index contributed by atoms with van der Waals surface area (Å²) >= 11 is 0. The molecule has 2 rings (SSSR count). The maximum atomic E-state index is 7.31. The zero-order valence-electron chi connectivity index (χ0n) is 22.9. The van der Waals surface area contributed by atoms with Gasteiger partial charge in [-0.05, 0) is 64.0 Å². The molecule has 0 bridgehead atoms. The van der Waals surface area contributed by atoms with E-state index in [-0.39, 0.29) is 0 Å². The minimum absolute atomic E-state index is 0.456. The first-order valence-corrected chi connectivity index (χ1v) is 19.1. The molecule has 0 fully saturated rings. The van der Waals surface area contributed by atoms with E-state index in [1.165, 1.54) is 0 Å². The van der Waals surface area contributed by atoms with Crippen LogP contribution >= 0.6 is 0 Å². The van der Waals surface area contributed by atoms with Gasteiger partial charge in [0.15, 0.2) is 0 Å². The van der Waals surface area contributed by atoms with Gasteiger partial charge in [-0.2, -0.15) is 0 Å². The van der Waals surface area contributed by atoms with Gasteiger partial charge < -0.3 is 37.4 Å². The van der Waals surface area contributed by atoms with Crippen molar-refractivity contribution in [3.63, 3.8) is 0 Å². The van der Waals surface area contributed by atoms with E-state index in [9.17, 15) is 0 Å². The first-order chi connectivity index (χ1) is 18.0. The van der Waals surface area contributed by atoms with Crippen LogP contribution in [0.15, 0.2) is 60.7 Å². The fourth-order valence-electron chi connectivity index (χ4n) is 4.29. The van der Waals surface area contributed by atoms with Crippen molar-refractivity contribution in [2.75, 3.05) is 39.5 Å². The molecule has 2 aromatic rings. The Balaban J connectivity index is 2.84. The Kier molecular flexibility index (Phi) is 14.4. The van der Waals surface area contributed by atoms with Gasteiger partial charge in [-0.3, -0.25) is 0 Å². The van der Waals surface area contributed by atoms with Crippen LogP contribution in [0.4, 0.5) is 0 Å². The Morgan fingerprint density at radius 1 is 0.541 bits per heavy atom. The molecule has 0 aliphatic rings. The van der Waals surface area contributed by atoms with Crippen LogP contribution in [-0.4, -0.2) is 65.7 Å². The Morgan fingerprint density at radius 3 is 1.14 bits per heavy atom. The molecular formula is C26H46N2O6Si3. The molecule has 0 amide bonds. The van der Waals surface area contributed by atoms with Crippen molar-refractivity contribution >= 4 is 36.5 Å². The van der Waals surface area contributed by atoms with Crippen LogP contribution in [0.2, 0.25) is 12.1 Å². The van der Waals surface area contributed by atoms with Gasteiger partial charge in [-0.15, -0.1) is 0 Å². The summed E-state index contributed by atoms with van der Waals surface area (Å²) in [5.41, 5.74) is 11.9. The number of rotatable bonds is 20. The van der Waals surface area contributed by atoms with Crippen LogP contribution in [0.25, 0.3) is 0 Å². The predicted octanol–water partition coefficient (Wildman–Crippen LogP) is 3.00. The molecule has 0 heterocycles. The lowest BCUT2D eigenvalue weighted by molar-refractivity contribution is 0.0837. The van der Waals surface area contributed by atoms with Crippen LogP contribution in [0.5, 0.6) is 0 Å². The number of nitrogens with two attached hydrogens (primary N) is 2. The second-order valence-electron chi connectivity index (χ2n) is 8.44. The molecule has 0 aromatic heterocycles. The van der Waals surface area contributed by atoms with Gasteiger partial charge in [0.2, 0.25) is 0 Å². The first kappa shape index (κ1) is 32.0. The van der Waals surface area contributed by atoms with Crippen LogP contribution in [0, 0.1) is 0 Å². The van der Waals surface area contributed by atoms with Gasteiger partial charge in [-0.25, -0.2) is 0 Å². The lowest BCUT2D eigenvalue weighted by Gasteiger charge is -2.44. The average molecular weight is 567 g/mol. The second-order valence-corrected chi connectivity index (χ2v) is 17.3. The molecule has 0 unspecified atom stereocenters. The van der Waals surface area contributed by atoms with Gasteiger partial charge in [0.1, 0.15) is 0 Å². The summed E-state index contributed by atoms with van der Waals surface area (Å²) in [6.45, 7) is 10.7. The van der Waals surface area contributed by atoms with Crippen molar-refractivity contribution < 1.29 is 25.9 Å². The van der Waals surface area contributed by atoms with Crippen LogP contribution in [0.3, 0.4) is 0 Å². The fourth-order valence-corrected chi connectivity index (χ4v) is 17.3. The van der Waals surface area contributed by atoms with Gasteiger partial charge in [0, 0.05) is 38.5 Å². The van der Waals surface area contributed by atoms with Crippen molar-refractivity contribution in [3.05, 3.63) is 60.7 Å². The van der Waals surface area contributed by atoms with Crippen molar-refractivity contribution in [1.29, 1.82) is 0 Å². The lowest BCUT2D eigenvalue weighted by atomic mass is 10.4. The number of benzene rings is 2. The third-order valence-corrected chi connectivity index (χ3v) is 17.6. The smallest absolute Gasteiger partial charge is 0.387 e. The highest BCUT2D eigenvalue weighted by Crippen LogP contribution is 2.29. The molecule has 0 saturated heterocycles. The Hall–Kier alpha value is -1.23.